The molecule has 0 aliphatic rings. The molecule has 104 valence electrons. The first-order valence-electron chi connectivity index (χ1n) is 5.95. The molecule has 0 saturated carbocycles. The van der Waals surface area contributed by atoms with Gasteiger partial charge in [-0.25, -0.2) is 4.39 Å². The topological polar surface area (TPSA) is 64.3 Å². The second kappa shape index (κ2) is 7.04. The third-order valence-corrected chi connectivity index (χ3v) is 2.83. The lowest BCUT2D eigenvalue weighted by Gasteiger charge is -2.12. The first-order valence-corrected chi connectivity index (χ1v) is 6.36. The molecule has 1 aromatic carbocycles. The Kier molecular flexibility index (Phi) is 5.69. The van der Waals surface area contributed by atoms with Crippen molar-refractivity contribution in [1.82, 2.24) is 5.32 Å². The molecule has 0 aromatic heterocycles. The van der Waals surface area contributed by atoms with Crippen molar-refractivity contribution in [2.24, 2.45) is 5.73 Å². The largest absolute Gasteiger partial charge is 0.481 e. The average molecular weight is 284 g/mol. The SMILES string of the molecule is CCC(C)NC(=O)COc1ccc(C(N)=S)cc1F. The van der Waals surface area contributed by atoms with Crippen molar-refractivity contribution in [2.45, 2.75) is 26.3 Å². The van der Waals surface area contributed by atoms with E-state index in [0.29, 0.717) is 5.56 Å². The van der Waals surface area contributed by atoms with Gasteiger partial charge in [0.2, 0.25) is 0 Å². The van der Waals surface area contributed by atoms with Crippen LogP contribution in [0.1, 0.15) is 25.8 Å². The molecule has 1 aromatic rings. The van der Waals surface area contributed by atoms with Crippen LogP contribution in [0.5, 0.6) is 5.75 Å². The van der Waals surface area contributed by atoms with E-state index in [1.54, 1.807) is 6.07 Å². The summed E-state index contributed by atoms with van der Waals surface area (Å²) in [6.45, 7) is 3.61. The van der Waals surface area contributed by atoms with Gasteiger partial charge in [-0.05, 0) is 31.5 Å². The number of ether oxygens (including phenoxy) is 1. The maximum absolute atomic E-state index is 13.6. The minimum absolute atomic E-state index is 0.000647. The van der Waals surface area contributed by atoms with E-state index in [1.165, 1.54) is 12.1 Å². The van der Waals surface area contributed by atoms with E-state index < -0.39 is 5.82 Å². The zero-order valence-corrected chi connectivity index (χ0v) is 11.7. The minimum Gasteiger partial charge on any atom is -0.481 e. The second-order valence-corrected chi connectivity index (χ2v) is 4.61. The van der Waals surface area contributed by atoms with E-state index in [-0.39, 0.29) is 29.3 Å². The van der Waals surface area contributed by atoms with E-state index in [1.807, 2.05) is 13.8 Å². The highest BCUT2D eigenvalue weighted by molar-refractivity contribution is 7.80. The van der Waals surface area contributed by atoms with Crippen LogP contribution < -0.4 is 15.8 Å². The lowest BCUT2D eigenvalue weighted by molar-refractivity contribution is -0.123. The van der Waals surface area contributed by atoms with Crippen molar-refractivity contribution in [3.05, 3.63) is 29.6 Å². The van der Waals surface area contributed by atoms with Gasteiger partial charge in [0, 0.05) is 11.6 Å². The molecule has 0 saturated heterocycles. The molecule has 0 bridgehead atoms. The molecule has 1 unspecified atom stereocenters. The summed E-state index contributed by atoms with van der Waals surface area (Å²) in [7, 11) is 0. The Morgan fingerprint density at radius 1 is 1.58 bits per heavy atom. The van der Waals surface area contributed by atoms with Crippen molar-refractivity contribution >= 4 is 23.1 Å². The Balaban J connectivity index is 2.59. The van der Waals surface area contributed by atoms with Gasteiger partial charge in [0.15, 0.2) is 18.2 Å². The smallest absolute Gasteiger partial charge is 0.258 e. The summed E-state index contributed by atoms with van der Waals surface area (Å²) in [4.78, 5) is 11.6. The van der Waals surface area contributed by atoms with Crippen molar-refractivity contribution in [3.8, 4) is 5.75 Å². The fourth-order valence-corrected chi connectivity index (χ4v) is 1.46. The van der Waals surface area contributed by atoms with Gasteiger partial charge in [0.1, 0.15) is 4.99 Å². The Bertz CT molecular complexity index is 480. The number of nitrogens with one attached hydrogen (secondary N) is 1. The third kappa shape index (κ3) is 4.82. The van der Waals surface area contributed by atoms with Gasteiger partial charge in [-0.15, -0.1) is 0 Å². The zero-order chi connectivity index (χ0) is 14.4. The maximum atomic E-state index is 13.6. The number of nitrogens with two attached hydrogens (primary N) is 1. The van der Waals surface area contributed by atoms with E-state index in [4.69, 9.17) is 22.7 Å². The normalized spacial score (nSPS) is 11.7. The minimum atomic E-state index is -0.596. The van der Waals surface area contributed by atoms with Crippen molar-refractivity contribution in [3.63, 3.8) is 0 Å². The maximum Gasteiger partial charge on any atom is 0.258 e. The molecular formula is C13H17FN2O2S. The van der Waals surface area contributed by atoms with Gasteiger partial charge in [-0.3, -0.25) is 4.79 Å². The lowest BCUT2D eigenvalue weighted by Crippen LogP contribution is -2.35. The van der Waals surface area contributed by atoms with E-state index in [9.17, 15) is 9.18 Å². The Labute approximate surface area is 117 Å². The number of amides is 1. The molecule has 3 N–H and O–H groups in total. The van der Waals surface area contributed by atoms with E-state index >= 15 is 0 Å². The van der Waals surface area contributed by atoms with Crippen LogP contribution in [0.4, 0.5) is 4.39 Å². The predicted octanol–water partition coefficient (Wildman–Crippen LogP) is 1.75. The van der Waals surface area contributed by atoms with Crippen LogP contribution in [0.15, 0.2) is 18.2 Å². The molecule has 19 heavy (non-hydrogen) atoms. The van der Waals surface area contributed by atoms with Crippen LogP contribution in [0.25, 0.3) is 0 Å². The van der Waals surface area contributed by atoms with Gasteiger partial charge in [-0.1, -0.05) is 19.1 Å². The average Bonchev–Trinajstić information content (AvgIpc) is 2.36. The summed E-state index contributed by atoms with van der Waals surface area (Å²) in [5.74, 6) is -0.881. The number of hydrogen-bond acceptors (Lipinski definition) is 3. The standard InChI is InChI=1S/C13H17FN2O2S/c1-3-8(2)16-12(17)7-18-11-5-4-9(13(15)19)6-10(11)14/h4-6,8H,3,7H2,1-2H3,(H2,15,19)(H,16,17). The first kappa shape index (κ1) is 15.4. The summed E-state index contributed by atoms with van der Waals surface area (Å²) in [5.41, 5.74) is 5.81. The quantitative estimate of drug-likeness (QED) is 0.781. The van der Waals surface area contributed by atoms with Crippen LogP contribution in [0.2, 0.25) is 0 Å². The van der Waals surface area contributed by atoms with Gasteiger partial charge in [0.25, 0.3) is 5.91 Å². The number of benzene rings is 1. The molecule has 6 heteroatoms. The van der Waals surface area contributed by atoms with Crippen LogP contribution >= 0.6 is 12.2 Å². The number of carbonyl (C=O) groups is 1. The number of halogens is 1. The van der Waals surface area contributed by atoms with Gasteiger partial charge >= 0.3 is 0 Å². The molecule has 1 atom stereocenters. The Morgan fingerprint density at radius 3 is 2.79 bits per heavy atom. The number of rotatable bonds is 6. The highest BCUT2D eigenvalue weighted by Gasteiger charge is 2.10. The van der Waals surface area contributed by atoms with Crippen LogP contribution in [-0.4, -0.2) is 23.5 Å². The summed E-state index contributed by atoms with van der Waals surface area (Å²) < 4.78 is 18.7. The highest BCUT2D eigenvalue weighted by atomic mass is 32.1. The summed E-state index contributed by atoms with van der Waals surface area (Å²) >= 11 is 4.74. The molecule has 0 radical (unpaired) electrons. The lowest BCUT2D eigenvalue weighted by atomic mass is 10.2. The Morgan fingerprint density at radius 2 is 2.26 bits per heavy atom. The second-order valence-electron chi connectivity index (χ2n) is 4.17. The Hall–Kier alpha value is -1.69. The van der Waals surface area contributed by atoms with Gasteiger partial charge < -0.3 is 15.8 Å². The summed E-state index contributed by atoms with van der Waals surface area (Å²) in [6, 6.07) is 4.20. The molecule has 1 rings (SSSR count). The summed E-state index contributed by atoms with van der Waals surface area (Å²) in [5, 5.41) is 2.72. The van der Waals surface area contributed by atoms with Crippen molar-refractivity contribution < 1.29 is 13.9 Å². The molecule has 0 spiro atoms. The van der Waals surface area contributed by atoms with Crippen molar-refractivity contribution in [1.29, 1.82) is 0 Å². The number of thiocarbonyl (C=S) groups is 1. The monoisotopic (exact) mass is 284 g/mol. The third-order valence-electron chi connectivity index (χ3n) is 2.59. The molecule has 0 fully saturated rings. The first-order chi connectivity index (χ1) is 8.93. The predicted molar refractivity (Wildman–Crippen MR) is 75.7 cm³/mol. The molecule has 0 aliphatic carbocycles. The van der Waals surface area contributed by atoms with Crippen LogP contribution in [0, 0.1) is 5.82 Å². The molecule has 0 aliphatic heterocycles. The molecular weight excluding hydrogens is 267 g/mol. The van der Waals surface area contributed by atoms with Gasteiger partial charge in [-0.2, -0.15) is 0 Å². The molecule has 0 heterocycles. The van der Waals surface area contributed by atoms with Crippen LogP contribution in [0.3, 0.4) is 0 Å². The van der Waals surface area contributed by atoms with Crippen molar-refractivity contribution in [2.75, 3.05) is 6.61 Å². The van der Waals surface area contributed by atoms with E-state index in [0.717, 1.165) is 6.42 Å². The molecule has 1 amide bonds. The van der Waals surface area contributed by atoms with E-state index in [2.05, 4.69) is 5.32 Å². The highest BCUT2D eigenvalue weighted by Crippen LogP contribution is 2.18. The van der Waals surface area contributed by atoms with Crippen LogP contribution in [-0.2, 0) is 4.79 Å². The fourth-order valence-electron chi connectivity index (χ4n) is 1.33. The molecule has 4 nitrogen and oxygen atoms in total. The number of carbonyl (C=O) groups excluding carboxylic acids is 1. The van der Waals surface area contributed by atoms with Gasteiger partial charge in [0.05, 0.1) is 0 Å². The number of hydrogen-bond donors (Lipinski definition) is 2. The fraction of sp³-hybridized carbons (Fsp3) is 0.385. The summed E-state index contributed by atoms with van der Waals surface area (Å²) in [6.07, 6.45) is 0.822. The zero-order valence-electron chi connectivity index (χ0n) is 10.9.